The van der Waals surface area contributed by atoms with Crippen LogP contribution >= 0.6 is 0 Å². The average Bonchev–Trinajstić information content (AvgIpc) is 2.79. The molecule has 0 aliphatic heterocycles. The first-order chi connectivity index (χ1) is 15.0. The van der Waals surface area contributed by atoms with Gasteiger partial charge in [0, 0.05) is 16.5 Å². The molecule has 1 unspecified atom stereocenters. The van der Waals surface area contributed by atoms with Crippen LogP contribution in [0.4, 0.5) is 0 Å². The summed E-state index contributed by atoms with van der Waals surface area (Å²) in [7, 11) is 0. The maximum atomic E-state index is 13.3. The normalized spacial score (nSPS) is 11.8. The number of aromatic nitrogens is 1. The predicted molar refractivity (Wildman–Crippen MR) is 122 cm³/mol. The molecule has 3 aromatic carbocycles. The van der Waals surface area contributed by atoms with Crippen LogP contribution in [0.3, 0.4) is 0 Å². The van der Waals surface area contributed by atoms with Crippen LogP contribution in [0, 0.1) is 13.8 Å². The van der Waals surface area contributed by atoms with Gasteiger partial charge in [0.15, 0.2) is 6.10 Å². The zero-order valence-corrected chi connectivity index (χ0v) is 17.8. The van der Waals surface area contributed by atoms with Crippen molar-refractivity contribution in [1.29, 1.82) is 0 Å². The van der Waals surface area contributed by atoms with Crippen molar-refractivity contribution in [3.8, 4) is 11.3 Å². The van der Waals surface area contributed by atoms with Gasteiger partial charge >= 0.3 is 5.97 Å². The van der Waals surface area contributed by atoms with E-state index in [9.17, 15) is 9.59 Å². The van der Waals surface area contributed by atoms with Gasteiger partial charge in [0.1, 0.15) is 0 Å². The van der Waals surface area contributed by atoms with E-state index in [1.807, 2.05) is 80.6 Å². The van der Waals surface area contributed by atoms with E-state index in [-0.39, 0.29) is 5.78 Å². The summed E-state index contributed by atoms with van der Waals surface area (Å²) in [5, 5.41) is 0.708. The Bertz CT molecular complexity index is 1260. The molecule has 4 heteroatoms. The predicted octanol–water partition coefficient (Wildman–Crippen LogP) is 5.95. The van der Waals surface area contributed by atoms with Gasteiger partial charge in [0.2, 0.25) is 5.78 Å². The Morgan fingerprint density at radius 3 is 2.19 bits per heavy atom. The number of ketones is 1. The minimum atomic E-state index is -0.901. The second kappa shape index (κ2) is 8.52. The number of hydrogen-bond acceptors (Lipinski definition) is 4. The molecule has 1 heterocycles. The zero-order valence-electron chi connectivity index (χ0n) is 17.8. The second-order valence-corrected chi connectivity index (χ2v) is 7.62. The Labute approximate surface area is 181 Å². The Balaban J connectivity index is 1.72. The minimum Gasteiger partial charge on any atom is -0.451 e. The van der Waals surface area contributed by atoms with E-state index < -0.39 is 12.1 Å². The first kappa shape index (κ1) is 20.5. The van der Waals surface area contributed by atoms with E-state index in [2.05, 4.69) is 0 Å². The fourth-order valence-corrected chi connectivity index (χ4v) is 3.67. The molecule has 0 radical (unpaired) electrons. The van der Waals surface area contributed by atoms with Gasteiger partial charge in [-0.2, -0.15) is 0 Å². The summed E-state index contributed by atoms with van der Waals surface area (Å²) in [6.07, 6.45) is -0.901. The Hall–Kier alpha value is -3.79. The van der Waals surface area contributed by atoms with Gasteiger partial charge in [0.25, 0.3) is 0 Å². The number of Topliss-reactive ketones (excluding diaryl/α,β-unsaturated/α-hetero) is 1. The van der Waals surface area contributed by atoms with Crippen molar-refractivity contribution in [1.82, 2.24) is 4.98 Å². The average molecular weight is 409 g/mol. The van der Waals surface area contributed by atoms with Crippen molar-refractivity contribution in [3.05, 3.63) is 101 Å². The molecule has 1 atom stereocenters. The SMILES string of the molecule is Cc1ccc(C(=O)C(C)OC(=O)c2c(C)c(-c3ccccc3)nc3ccccc23)cc1. The van der Waals surface area contributed by atoms with Crippen LogP contribution in [-0.4, -0.2) is 22.8 Å². The molecule has 0 bridgehead atoms. The van der Waals surface area contributed by atoms with Crippen molar-refractivity contribution < 1.29 is 14.3 Å². The number of esters is 1. The van der Waals surface area contributed by atoms with Crippen molar-refractivity contribution >= 4 is 22.7 Å². The number of para-hydroxylation sites is 1. The van der Waals surface area contributed by atoms with Crippen molar-refractivity contribution in [2.45, 2.75) is 26.9 Å². The lowest BCUT2D eigenvalue weighted by Gasteiger charge is -2.17. The Kier molecular flexibility index (Phi) is 5.63. The number of ether oxygens (including phenoxy) is 1. The van der Waals surface area contributed by atoms with Crippen LogP contribution in [0.5, 0.6) is 0 Å². The van der Waals surface area contributed by atoms with Gasteiger partial charge in [-0.25, -0.2) is 9.78 Å². The van der Waals surface area contributed by atoms with Crippen LogP contribution < -0.4 is 0 Å². The third-order valence-electron chi connectivity index (χ3n) is 5.38. The van der Waals surface area contributed by atoms with E-state index in [0.29, 0.717) is 22.0 Å². The fraction of sp³-hybridized carbons (Fsp3) is 0.148. The highest BCUT2D eigenvalue weighted by atomic mass is 16.5. The molecule has 0 fully saturated rings. The molecule has 0 aliphatic rings. The van der Waals surface area contributed by atoms with Gasteiger partial charge in [-0.1, -0.05) is 78.4 Å². The summed E-state index contributed by atoms with van der Waals surface area (Å²) in [6, 6.07) is 24.5. The summed E-state index contributed by atoms with van der Waals surface area (Å²) >= 11 is 0. The number of carbonyl (C=O) groups is 2. The lowest BCUT2D eigenvalue weighted by atomic mass is 9.97. The molecule has 0 amide bonds. The highest BCUT2D eigenvalue weighted by molar-refractivity contribution is 6.08. The highest BCUT2D eigenvalue weighted by Crippen LogP contribution is 2.30. The number of pyridine rings is 1. The molecule has 4 aromatic rings. The molecule has 0 saturated carbocycles. The molecule has 0 aliphatic carbocycles. The third kappa shape index (κ3) is 4.10. The van der Waals surface area contributed by atoms with E-state index in [0.717, 1.165) is 22.4 Å². The van der Waals surface area contributed by atoms with Crippen molar-refractivity contribution in [2.75, 3.05) is 0 Å². The molecule has 1 aromatic heterocycles. The zero-order chi connectivity index (χ0) is 22.0. The number of carbonyl (C=O) groups excluding carboxylic acids is 2. The Morgan fingerprint density at radius 2 is 1.48 bits per heavy atom. The second-order valence-electron chi connectivity index (χ2n) is 7.62. The first-order valence-corrected chi connectivity index (χ1v) is 10.2. The van der Waals surface area contributed by atoms with Crippen LogP contribution in [0.1, 0.15) is 38.8 Å². The van der Waals surface area contributed by atoms with Gasteiger partial charge in [-0.05, 0) is 32.4 Å². The number of aryl methyl sites for hydroxylation is 1. The molecule has 154 valence electrons. The van der Waals surface area contributed by atoms with Crippen LogP contribution in [0.2, 0.25) is 0 Å². The molecule has 4 rings (SSSR count). The number of nitrogens with zero attached hydrogens (tertiary/aromatic N) is 1. The monoisotopic (exact) mass is 409 g/mol. The number of benzene rings is 3. The van der Waals surface area contributed by atoms with E-state index in [1.54, 1.807) is 19.1 Å². The van der Waals surface area contributed by atoms with Gasteiger partial charge in [-0.3, -0.25) is 4.79 Å². The molecule has 0 N–H and O–H groups in total. The minimum absolute atomic E-state index is 0.229. The number of hydrogen-bond donors (Lipinski definition) is 0. The van der Waals surface area contributed by atoms with Crippen LogP contribution in [0.25, 0.3) is 22.2 Å². The van der Waals surface area contributed by atoms with E-state index in [4.69, 9.17) is 9.72 Å². The standard InChI is InChI=1S/C27H23NO3/c1-17-13-15-21(16-14-17)26(29)19(3)31-27(30)24-18(2)25(20-9-5-4-6-10-20)28-23-12-8-7-11-22(23)24/h4-16,19H,1-3H3. The fourth-order valence-electron chi connectivity index (χ4n) is 3.67. The summed E-state index contributed by atoms with van der Waals surface area (Å²) in [4.78, 5) is 30.8. The quantitative estimate of drug-likeness (QED) is 0.302. The maximum Gasteiger partial charge on any atom is 0.339 e. The lowest BCUT2D eigenvalue weighted by Crippen LogP contribution is -2.25. The lowest BCUT2D eigenvalue weighted by molar-refractivity contribution is 0.0320. The largest absolute Gasteiger partial charge is 0.451 e. The van der Waals surface area contributed by atoms with Crippen molar-refractivity contribution in [3.63, 3.8) is 0 Å². The number of rotatable bonds is 5. The topological polar surface area (TPSA) is 56.3 Å². The van der Waals surface area contributed by atoms with Gasteiger partial charge in [0.05, 0.1) is 16.8 Å². The smallest absolute Gasteiger partial charge is 0.339 e. The molecule has 4 nitrogen and oxygen atoms in total. The summed E-state index contributed by atoms with van der Waals surface area (Å²) in [5.41, 5.74) is 5.10. The maximum absolute atomic E-state index is 13.3. The van der Waals surface area contributed by atoms with Crippen molar-refractivity contribution in [2.24, 2.45) is 0 Å². The van der Waals surface area contributed by atoms with E-state index >= 15 is 0 Å². The molecular formula is C27H23NO3. The summed E-state index contributed by atoms with van der Waals surface area (Å²) in [6.45, 7) is 5.43. The van der Waals surface area contributed by atoms with Gasteiger partial charge in [-0.15, -0.1) is 0 Å². The van der Waals surface area contributed by atoms with Crippen LogP contribution in [-0.2, 0) is 4.74 Å². The van der Waals surface area contributed by atoms with Gasteiger partial charge < -0.3 is 4.74 Å². The third-order valence-corrected chi connectivity index (χ3v) is 5.38. The first-order valence-electron chi connectivity index (χ1n) is 10.2. The van der Waals surface area contributed by atoms with E-state index in [1.165, 1.54) is 0 Å². The highest BCUT2D eigenvalue weighted by Gasteiger charge is 2.25. The number of fused-ring (bicyclic) bond motifs is 1. The molecule has 0 saturated heterocycles. The molecular weight excluding hydrogens is 386 g/mol. The molecule has 31 heavy (non-hydrogen) atoms. The van der Waals surface area contributed by atoms with Crippen LogP contribution in [0.15, 0.2) is 78.9 Å². The Morgan fingerprint density at radius 1 is 0.839 bits per heavy atom. The summed E-state index contributed by atoms with van der Waals surface area (Å²) < 4.78 is 5.65. The summed E-state index contributed by atoms with van der Waals surface area (Å²) in [5.74, 6) is -0.756. The molecule has 0 spiro atoms.